The molecule has 1 heterocycles. The molecule has 1 aliphatic heterocycles. The summed E-state index contributed by atoms with van der Waals surface area (Å²) >= 11 is 3.60. The Balaban J connectivity index is 2.41. The Labute approximate surface area is 179 Å². The molecule has 2 amide bonds. The maximum Gasteiger partial charge on any atom is 0.408 e. The molecule has 0 aliphatic carbocycles. The number of alkyl carbamates (subject to hydrolysis) is 1. The molecule has 2 unspecified atom stereocenters. The van der Waals surface area contributed by atoms with E-state index in [1.165, 1.54) is 14.2 Å². The predicted octanol–water partition coefficient (Wildman–Crippen LogP) is 2.46. The first kappa shape index (κ1) is 23.0. The van der Waals surface area contributed by atoms with Crippen LogP contribution in [-0.4, -0.2) is 61.2 Å². The first-order chi connectivity index (χ1) is 13.5. The van der Waals surface area contributed by atoms with Crippen LogP contribution in [0.2, 0.25) is 0 Å². The molecule has 2 N–H and O–H groups in total. The number of methoxy groups -OCH3 is 1. The highest BCUT2D eigenvalue weighted by Gasteiger charge is 2.47. The van der Waals surface area contributed by atoms with Crippen molar-refractivity contribution < 1.29 is 23.9 Å². The minimum Gasteiger partial charge on any atom is -0.465 e. The van der Waals surface area contributed by atoms with E-state index in [4.69, 9.17) is 9.47 Å². The van der Waals surface area contributed by atoms with Crippen molar-refractivity contribution in [1.29, 1.82) is 0 Å². The number of nitrogens with zero attached hydrogens (tertiary/aromatic N) is 1. The second-order valence-electron chi connectivity index (χ2n) is 7.98. The monoisotopic (exact) mass is 469 g/mol. The summed E-state index contributed by atoms with van der Waals surface area (Å²) in [5, 5.41) is 5.41. The number of hydrogen-bond donors (Lipinski definition) is 2. The number of benzene rings is 1. The highest BCUT2D eigenvalue weighted by Crippen LogP contribution is 2.32. The third kappa shape index (κ3) is 5.62. The van der Waals surface area contributed by atoms with E-state index < -0.39 is 23.2 Å². The van der Waals surface area contributed by atoms with E-state index in [1.54, 1.807) is 39.0 Å². The average Bonchev–Trinajstić information content (AvgIpc) is 2.64. The van der Waals surface area contributed by atoms with Gasteiger partial charge in [-0.2, -0.15) is 0 Å². The lowest BCUT2D eigenvalue weighted by Crippen LogP contribution is -2.68. The van der Waals surface area contributed by atoms with Crippen molar-refractivity contribution in [2.45, 2.75) is 43.2 Å². The van der Waals surface area contributed by atoms with E-state index >= 15 is 0 Å². The van der Waals surface area contributed by atoms with Gasteiger partial charge in [-0.05, 0) is 39.3 Å². The largest absolute Gasteiger partial charge is 0.465 e. The Kier molecular flexibility index (Phi) is 7.15. The van der Waals surface area contributed by atoms with Crippen LogP contribution in [-0.2, 0) is 14.3 Å². The Morgan fingerprint density at radius 1 is 1.24 bits per heavy atom. The van der Waals surface area contributed by atoms with Crippen LogP contribution in [0, 0.1) is 0 Å². The molecule has 0 saturated carbocycles. The number of carbonyl (C=O) groups excluding carboxylic acids is 3. The number of piperidine rings is 1. The summed E-state index contributed by atoms with van der Waals surface area (Å²) in [6.45, 7) is 5.98. The van der Waals surface area contributed by atoms with Crippen molar-refractivity contribution in [3.63, 3.8) is 0 Å². The summed E-state index contributed by atoms with van der Waals surface area (Å²) in [4.78, 5) is 39.4. The molecule has 29 heavy (non-hydrogen) atoms. The molecule has 2 rings (SSSR count). The highest BCUT2D eigenvalue weighted by molar-refractivity contribution is 9.09. The molecule has 0 spiro atoms. The van der Waals surface area contributed by atoms with E-state index in [-0.39, 0.29) is 17.3 Å². The topological polar surface area (TPSA) is 97.0 Å². The maximum absolute atomic E-state index is 12.9. The third-order valence-electron chi connectivity index (χ3n) is 4.50. The van der Waals surface area contributed by atoms with Gasteiger partial charge in [0, 0.05) is 18.4 Å². The number of esters is 1. The van der Waals surface area contributed by atoms with Crippen LogP contribution < -0.4 is 15.5 Å². The first-order valence-corrected chi connectivity index (χ1v) is 10.2. The molecule has 1 fully saturated rings. The lowest BCUT2D eigenvalue weighted by atomic mass is 9.87. The van der Waals surface area contributed by atoms with Crippen molar-refractivity contribution in [2.24, 2.45) is 0 Å². The van der Waals surface area contributed by atoms with Crippen LogP contribution in [0.1, 0.15) is 37.6 Å². The third-order valence-corrected chi connectivity index (χ3v) is 5.11. The van der Waals surface area contributed by atoms with Gasteiger partial charge in [0.1, 0.15) is 11.1 Å². The van der Waals surface area contributed by atoms with E-state index in [0.717, 1.165) is 0 Å². The number of anilines is 1. The number of nitrogens with one attached hydrogen (secondary N) is 2. The summed E-state index contributed by atoms with van der Waals surface area (Å²) in [5.41, 5.74) is -0.928. The molecular formula is C20H28BrN3O5. The lowest BCUT2D eigenvalue weighted by Gasteiger charge is -2.45. The summed E-state index contributed by atoms with van der Waals surface area (Å²) in [6.07, 6.45) is -0.313. The first-order valence-electron chi connectivity index (χ1n) is 9.31. The summed E-state index contributed by atoms with van der Waals surface area (Å²) < 4.78 is 10.3. The highest BCUT2D eigenvalue weighted by atomic mass is 79.9. The van der Waals surface area contributed by atoms with Crippen molar-refractivity contribution in [3.05, 3.63) is 29.8 Å². The number of hydrogen-bond acceptors (Lipinski definition) is 6. The van der Waals surface area contributed by atoms with E-state index in [2.05, 4.69) is 26.6 Å². The molecule has 1 aromatic carbocycles. The SMILES string of the molecule is CNC(=O)C1(NC(=O)OC(C)(C)C)CC(Br)CN(c2ccccc2C(=O)OC)C1. The molecule has 8 nitrogen and oxygen atoms in total. The van der Waals surface area contributed by atoms with Crippen molar-refractivity contribution in [1.82, 2.24) is 10.6 Å². The van der Waals surface area contributed by atoms with Gasteiger partial charge in [-0.1, -0.05) is 28.1 Å². The van der Waals surface area contributed by atoms with Gasteiger partial charge in [0.15, 0.2) is 0 Å². The normalized spacial score (nSPS) is 21.9. The number of ether oxygens (including phenoxy) is 2. The van der Waals surface area contributed by atoms with Gasteiger partial charge in [0.25, 0.3) is 0 Å². The fourth-order valence-electron chi connectivity index (χ4n) is 3.40. The van der Waals surface area contributed by atoms with Gasteiger partial charge in [-0.25, -0.2) is 9.59 Å². The standard InChI is InChI=1S/C20H28BrN3O5/c1-19(2,3)29-18(27)23-20(17(26)22-4)10-13(21)11-24(12-20)15-9-7-6-8-14(15)16(25)28-5/h6-9,13H,10-12H2,1-5H3,(H,22,26)(H,23,27). The van der Waals surface area contributed by atoms with Crippen LogP contribution in [0.5, 0.6) is 0 Å². The quantitative estimate of drug-likeness (QED) is 0.519. The fourth-order valence-corrected chi connectivity index (χ4v) is 4.30. The molecule has 0 radical (unpaired) electrons. The number of carbonyl (C=O) groups is 3. The molecule has 9 heteroatoms. The molecule has 160 valence electrons. The zero-order valence-corrected chi connectivity index (χ0v) is 19.0. The van der Waals surface area contributed by atoms with Crippen LogP contribution in [0.4, 0.5) is 10.5 Å². The molecule has 2 atom stereocenters. The number of rotatable bonds is 4. The number of amides is 2. The van der Waals surface area contributed by atoms with Crippen molar-refractivity contribution in [2.75, 3.05) is 32.1 Å². The Morgan fingerprint density at radius 3 is 2.48 bits per heavy atom. The van der Waals surface area contributed by atoms with Gasteiger partial charge in [-0.3, -0.25) is 4.79 Å². The number of para-hydroxylation sites is 1. The predicted molar refractivity (Wildman–Crippen MR) is 113 cm³/mol. The molecule has 0 bridgehead atoms. The summed E-state index contributed by atoms with van der Waals surface area (Å²) in [5.74, 6) is -0.809. The van der Waals surface area contributed by atoms with Crippen molar-refractivity contribution >= 4 is 39.6 Å². The van der Waals surface area contributed by atoms with Crippen LogP contribution in [0.3, 0.4) is 0 Å². The van der Waals surface area contributed by atoms with E-state index in [9.17, 15) is 14.4 Å². The average molecular weight is 470 g/mol. The fraction of sp³-hybridized carbons (Fsp3) is 0.550. The second-order valence-corrected chi connectivity index (χ2v) is 9.27. The molecule has 1 saturated heterocycles. The zero-order chi connectivity index (χ0) is 21.8. The van der Waals surface area contributed by atoms with Gasteiger partial charge in [-0.15, -0.1) is 0 Å². The van der Waals surface area contributed by atoms with Crippen molar-refractivity contribution in [3.8, 4) is 0 Å². The zero-order valence-electron chi connectivity index (χ0n) is 17.4. The van der Waals surface area contributed by atoms with Crippen LogP contribution in [0.15, 0.2) is 24.3 Å². The molecule has 1 aromatic rings. The minimum atomic E-state index is -1.24. The van der Waals surface area contributed by atoms with Crippen LogP contribution >= 0.6 is 15.9 Å². The number of alkyl halides is 1. The van der Waals surface area contributed by atoms with E-state index in [1.807, 2.05) is 11.0 Å². The smallest absolute Gasteiger partial charge is 0.408 e. The Bertz CT molecular complexity index is 780. The van der Waals surface area contributed by atoms with E-state index in [0.29, 0.717) is 24.2 Å². The second kappa shape index (κ2) is 9.02. The Morgan fingerprint density at radius 2 is 1.90 bits per heavy atom. The van der Waals surface area contributed by atoms with Gasteiger partial charge >= 0.3 is 12.1 Å². The molecular weight excluding hydrogens is 442 g/mol. The number of halogens is 1. The lowest BCUT2D eigenvalue weighted by molar-refractivity contribution is -0.127. The van der Waals surface area contributed by atoms with Gasteiger partial charge in [0.05, 0.1) is 24.9 Å². The molecule has 1 aliphatic rings. The van der Waals surface area contributed by atoms with Crippen LogP contribution in [0.25, 0.3) is 0 Å². The number of likely N-dealkylation sites (N-methyl/N-ethyl adjacent to an activating group) is 1. The summed E-state index contributed by atoms with van der Waals surface area (Å²) in [7, 11) is 2.84. The van der Waals surface area contributed by atoms with Gasteiger partial charge in [0.2, 0.25) is 5.91 Å². The summed E-state index contributed by atoms with van der Waals surface area (Å²) in [6, 6.07) is 7.01. The minimum absolute atomic E-state index is 0.116. The Hall–Kier alpha value is -2.29. The maximum atomic E-state index is 12.9. The molecule has 0 aromatic heterocycles. The van der Waals surface area contributed by atoms with Gasteiger partial charge < -0.3 is 25.0 Å².